The molecular weight excluding hydrogens is 270 g/mol. The molecule has 2 rings (SSSR count). The Hall–Kier alpha value is -2.83. The topological polar surface area (TPSA) is 111 Å². The second-order valence-corrected chi connectivity index (χ2v) is 4.39. The molecule has 0 unspecified atom stereocenters. The first kappa shape index (κ1) is 14.6. The van der Waals surface area contributed by atoms with Crippen LogP contribution >= 0.6 is 0 Å². The molecule has 21 heavy (non-hydrogen) atoms. The molecule has 0 amide bonds. The molecule has 0 saturated heterocycles. The summed E-state index contributed by atoms with van der Waals surface area (Å²) in [6, 6.07) is 6.41. The fourth-order valence-electron chi connectivity index (χ4n) is 1.81. The van der Waals surface area contributed by atoms with E-state index in [2.05, 4.69) is 20.5 Å². The second kappa shape index (κ2) is 6.56. The Morgan fingerprint density at radius 2 is 2.10 bits per heavy atom. The number of anilines is 1. The number of nitrogens with zero attached hydrogens (tertiary/aromatic N) is 2. The lowest BCUT2D eigenvalue weighted by Crippen LogP contribution is -2.19. The first-order valence-electron chi connectivity index (χ1n) is 6.52. The zero-order chi connectivity index (χ0) is 15.2. The molecule has 0 aliphatic carbocycles. The van der Waals surface area contributed by atoms with Gasteiger partial charge >= 0.3 is 0 Å². The van der Waals surface area contributed by atoms with E-state index < -0.39 is 0 Å². The van der Waals surface area contributed by atoms with Crippen molar-refractivity contribution in [2.75, 3.05) is 11.9 Å². The standard InChI is InChI=1S/C14H15N5O2/c1-2-7-16-13-11(8-15)14(20)18-12(17-13)9-3-5-10(19-21)6-4-9/h3-6,8,15H,2,7H2,1H3,(H2,16,17,18,20). The van der Waals surface area contributed by atoms with Crippen molar-refractivity contribution in [1.29, 1.82) is 5.41 Å². The van der Waals surface area contributed by atoms with Crippen molar-refractivity contribution in [3.05, 3.63) is 45.1 Å². The van der Waals surface area contributed by atoms with Crippen molar-refractivity contribution < 1.29 is 0 Å². The number of rotatable bonds is 6. The number of benzene rings is 1. The molecule has 7 nitrogen and oxygen atoms in total. The van der Waals surface area contributed by atoms with Crippen LogP contribution in [0.3, 0.4) is 0 Å². The van der Waals surface area contributed by atoms with E-state index in [9.17, 15) is 9.70 Å². The van der Waals surface area contributed by atoms with Crippen molar-refractivity contribution in [1.82, 2.24) is 9.97 Å². The van der Waals surface area contributed by atoms with E-state index in [1.807, 2.05) is 6.92 Å². The Kier molecular flexibility index (Phi) is 4.55. The van der Waals surface area contributed by atoms with E-state index in [0.29, 0.717) is 29.4 Å². The van der Waals surface area contributed by atoms with E-state index in [4.69, 9.17) is 5.41 Å². The summed E-state index contributed by atoms with van der Waals surface area (Å²) in [5.41, 5.74) is 0.779. The van der Waals surface area contributed by atoms with E-state index in [1.54, 1.807) is 24.3 Å². The van der Waals surface area contributed by atoms with E-state index >= 15 is 0 Å². The van der Waals surface area contributed by atoms with Gasteiger partial charge in [-0.05, 0) is 35.9 Å². The maximum absolute atomic E-state index is 12.0. The molecule has 1 aromatic heterocycles. The van der Waals surface area contributed by atoms with Gasteiger partial charge in [0.05, 0.1) is 5.56 Å². The molecule has 0 radical (unpaired) electrons. The maximum atomic E-state index is 12.0. The number of nitroso groups, excluding NO2 is 1. The van der Waals surface area contributed by atoms with Crippen LogP contribution in [0.15, 0.2) is 34.2 Å². The minimum Gasteiger partial charge on any atom is -0.369 e. The number of hydrogen-bond donors (Lipinski definition) is 3. The number of aromatic nitrogens is 2. The Labute approximate surface area is 120 Å². The fraction of sp³-hybridized carbons (Fsp3) is 0.214. The van der Waals surface area contributed by atoms with Gasteiger partial charge in [0.1, 0.15) is 17.3 Å². The zero-order valence-electron chi connectivity index (χ0n) is 11.5. The SMILES string of the molecule is CCCNc1nc(-c2ccc(N=O)cc2)[nH]c(=O)c1C=N. The normalized spacial score (nSPS) is 10.1. The molecule has 1 heterocycles. The highest BCUT2D eigenvalue weighted by Crippen LogP contribution is 2.20. The third-order valence-corrected chi connectivity index (χ3v) is 2.89. The van der Waals surface area contributed by atoms with Gasteiger partial charge in [-0.1, -0.05) is 6.92 Å². The lowest BCUT2D eigenvalue weighted by atomic mass is 10.2. The molecule has 0 fully saturated rings. The molecule has 0 saturated carbocycles. The van der Waals surface area contributed by atoms with Crippen LogP contribution in [0, 0.1) is 10.3 Å². The third kappa shape index (κ3) is 3.19. The van der Waals surface area contributed by atoms with Crippen LogP contribution < -0.4 is 10.9 Å². The van der Waals surface area contributed by atoms with Crippen LogP contribution in [-0.2, 0) is 0 Å². The molecule has 0 spiro atoms. The van der Waals surface area contributed by atoms with E-state index in [1.165, 1.54) is 0 Å². The summed E-state index contributed by atoms with van der Waals surface area (Å²) in [7, 11) is 0. The van der Waals surface area contributed by atoms with Crippen LogP contribution in [0.5, 0.6) is 0 Å². The predicted octanol–water partition coefficient (Wildman–Crippen LogP) is 2.65. The van der Waals surface area contributed by atoms with Gasteiger partial charge in [0.15, 0.2) is 0 Å². The van der Waals surface area contributed by atoms with Gasteiger partial charge in [0.25, 0.3) is 5.56 Å². The molecule has 0 atom stereocenters. The highest BCUT2D eigenvalue weighted by molar-refractivity contribution is 5.84. The molecule has 0 aliphatic heterocycles. The third-order valence-electron chi connectivity index (χ3n) is 2.89. The smallest absolute Gasteiger partial charge is 0.262 e. The van der Waals surface area contributed by atoms with Gasteiger partial charge in [0, 0.05) is 18.3 Å². The van der Waals surface area contributed by atoms with Crippen molar-refractivity contribution >= 4 is 17.7 Å². The maximum Gasteiger partial charge on any atom is 0.262 e. The minimum atomic E-state index is -0.383. The van der Waals surface area contributed by atoms with Gasteiger partial charge in [-0.15, -0.1) is 4.91 Å². The van der Waals surface area contributed by atoms with Crippen molar-refractivity contribution in [2.24, 2.45) is 5.18 Å². The minimum absolute atomic E-state index is 0.193. The largest absolute Gasteiger partial charge is 0.369 e. The monoisotopic (exact) mass is 285 g/mol. The molecule has 3 N–H and O–H groups in total. The van der Waals surface area contributed by atoms with Gasteiger partial charge in [-0.25, -0.2) is 4.98 Å². The van der Waals surface area contributed by atoms with Gasteiger partial charge in [-0.2, -0.15) is 0 Å². The number of nitrogens with one attached hydrogen (secondary N) is 3. The average Bonchev–Trinajstić information content (AvgIpc) is 2.52. The molecule has 0 aliphatic rings. The van der Waals surface area contributed by atoms with E-state index in [0.717, 1.165) is 12.6 Å². The average molecular weight is 285 g/mol. The van der Waals surface area contributed by atoms with Gasteiger partial charge < -0.3 is 15.7 Å². The summed E-state index contributed by atoms with van der Waals surface area (Å²) in [6.07, 6.45) is 1.86. The van der Waals surface area contributed by atoms with Crippen LogP contribution in [0.4, 0.5) is 11.5 Å². The highest BCUT2D eigenvalue weighted by atomic mass is 16.3. The van der Waals surface area contributed by atoms with Crippen LogP contribution in [-0.4, -0.2) is 22.7 Å². The lowest BCUT2D eigenvalue weighted by Gasteiger charge is -2.09. The summed E-state index contributed by atoms with van der Waals surface area (Å²) >= 11 is 0. The van der Waals surface area contributed by atoms with Crippen LogP contribution in [0.2, 0.25) is 0 Å². The molecule has 2 aromatic rings. The summed E-state index contributed by atoms with van der Waals surface area (Å²) in [5, 5.41) is 13.2. The van der Waals surface area contributed by atoms with Crippen molar-refractivity contribution in [3.63, 3.8) is 0 Å². The quantitative estimate of drug-likeness (QED) is 0.559. The molecule has 0 bridgehead atoms. The first-order chi connectivity index (χ1) is 10.2. The second-order valence-electron chi connectivity index (χ2n) is 4.39. The van der Waals surface area contributed by atoms with Gasteiger partial charge in [-0.3, -0.25) is 4.79 Å². The Morgan fingerprint density at radius 3 is 2.67 bits per heavy atom. The Bertz CT molecular complexity index is 706. The zero-order valence-corrected chi connectivity index (χ0v) is 11.5. The Balaban J connectivity index is 2.48. The number of H-pyrrole nitrogens is 1. The summed E-state index contributed by atoms with van der Waals surface area (Å²) in [6.45, 7) is 2.65. The predicted molar refractivity (Wildman–Crippen MR) is 82.4 cm³/mol. The molecular formula is C14H15N5O2. The van der Waals surface area contributed by atoms with Crippen molar-refractivity contribution in [3.8, 4) is 11.4 Å². The van der Waals surface area contributed by atoms with Crippen LogP contribution in [0.25, 0.3) is 11.4 Å². The van der Waals surface area contributed by atoms with Crippen molar-refractivity contribution in [2.45, 2.75) is 13.3 Å². The highest BCUT2D eigenvalue weighted by Gasteiger charge is 2.10. The number of hydrogen-bond acceptors (Lipinski definition) is 6. The molecule has 108 valence electrons. The summed E-state index contributed by atoms with van der Waals surface area (Å²) in [5.74, 6) is 0.754. The van der Waals surface area contributed by atoms with E-state index in [-0.39, 0.29) is 11.1 Å². The van der Waals surface area contributed by atoms with Crippen LogP contribution in [0.1, 0.15) is 18.9 Å². The number of aromatic amines is 1. The Morgan fingerprint density at radius 1 is 1.38 bits per heavy atom. The summed E-state index contributed by atoms with van der Waals surface area (Å²) < 4.78 is 0. The lowest BCUT2D eigenvalue weighted by molar-refractivity contribution is 0.961. The molecule has 7 heteroatoms. The fourth-order valence-corrected chi connectivity index (χ4v) is 1.81. The summed E-state index contributed by atoms with van der Waals surface area (Å²) in [4.78, 5) is 29.4. The van der Waals surface area contributed by atoms with Gasteiger partial charge in [0.2, 0.25) is 0 Å². The first-order valence-corrected chi connectivity index (χ1v) is 6.52. The molecule has 1 aromatic carbocycles.